The first-order chi connectivity index (χ1) is 14.3. The number of nitrogens with zero attached hydrogens (tertiary/aromatic N) is 4. The van der Waals surface area contributed by atoms with E-state index in [1.807, 2.05) is 41.5 Å². The van der Waals surface area contributed by atoms with E-state index in [9.17, 15) is 9.59 Å². The number of carbonyl (C=O) groups is 1. The van der Waals surface area contributed by atoms with Crippen LogP contribution in [0, 0.1) is 0 Å². The highest BCUT2D eigenvalue weighted by molar-refractivity contribution is 5.73. The van der Waals surface area contributed by atoms with E-state index in [0.29, 0.717) is 23.1 Å². The first-order valence-electron chi connectivity index (χ1n) is 10.5. The van der Waals surface area contributed by atoms with Crippen LogP contribution in [0.15, 0.2) is 41.5 Å². The van der Waals surface area contributed by atoms with Gasteiger partial charge in [-0.05, 0) is 36.5 Å². The van der Waals surface area contributed by atoms with E-state index in [0.717, 1.165) is 31.8 Å². The Labute approximate surface area is 175 Å². The zero-order valence-electron chi connectivity index (χ0n) is 18.0. The molecule has 1 saturated heterocycles. The topological polar surface area (TPSA) is 68.8 Å². The summed E-state index contributed by atoms with van der Waals surface area (Å²) >= 11 is 0. The van der Waals surface area contributed by atoms with Crippen molar-refractivity contribution in [3.05, 3.63) is 58.4 Å². The van der Waals surface area contributed by atoms with Crippen LogP contribution in [0.3, 0.4) is 0 Å². The van der Waals surface area contributed by atoms with Crippen molar-refractivity contribution in [1.29, 1.82) is 0 Å². The lowest BCUT2D eigenvalue weighted by Crippen LogP contribution is -2.36. The Morgan fingerprint density at radius 2 is 1.83 bits per heavy atom. The molecule has 7 heteroatoms. The average molecular weight is 409 g/mol. The number of carbonyl (C=O) groups excluding carboxylic acids is 1. The third-order valence-corrected chi connectivity index (χ3v) is 5.95. The smallest absolute Gasteiger partial charge is 0.279 e. The summed E-state index contributed by atoms with van der Waals surface area (Å²) in [5, 5.41) is 0. The number of hydrogen-bond donors (Lipinski definition) is 0. The van der Waals surface area contributed by atoms with E-state index in [2.05, 4.69) is 17.1 Å². The Kier molecular flexibility index (Phi) is 5.37. The van der Waals surface area contributed by atoms with E-state index in [-0.39, 0.29) is 17.4 Å². The molecular weight excluding hydrogens is 380 g/mol. The molecular formula is C23H28N4O3. The summed E-state index contributed by atoms with van der Waals surface area (Å²) in [5.74, 6) is 2.78. The van der Waals surface area contributed by atoms with Crippen LogP contribution in [0.5, 0.6) is 11.6 Å². The number of amides is 1. The zero-order chi connectivity index (χ0) is 21.4. The Balaban J connectivity index is 1.54. The minimum absolute atomic E-state index is 0.138. The second kappa shape index (κ2) is 7.97. The number of fused-ring (bicyclic) bond motifs is 1. The molecule has 2 aromatic heterocycles. The molecule has 1 fully saturated rings. The number of rotatable bonds is 4. The van der Waals surface area contributed by atoms with Crippen molar-refractivity contribution < 1.29 is 9.53 Å². The van der Waals surface area contributed by atoms with Gasteiger partial charge in [-0.3, -0.25) is 18.6 Å². The van der Waals surface area contributed by atoms with Crippen molar-refractivity contribution >= 4 is 11.4 Å². The molecule has 1 amide bonds. The molecule has 1 aromatic carbocycles. The maximum absolute atomic E-state index is 12.7. The Bertz CT molecular complexity index is 1120. The van der Waals surface area contributed by atoms with Crippen molar-refractivity contribution in [1.82, 2.24) is 18.9 Å². The number of aromatic nitrogens is 3. The van der Waals surface area contributed by atoms with Crippen molar-refractivity contribution in [2.24, 2.45) is 7.05 Å². The van der Waals surface area contributed by atoms with E-state index in [1.165, 1.54) is 10.1 Å². The highest BCUT2D eigenvalue weighted by Gasteiger charge is 2.22. The van der Waals surface area contributed by atoms with Crippen LogP contribution in [0.25, 0.3) is 5.52 Å². The number of imidazole rings is 1. The Morgan fingerprint density at radius 3 is 2.43 bits per heavy atom. The van der Waals surface area contributed by atoms with Gasteiger partial charge in [-0.1, -0.05) is 26.0 Å². The molecule has 3 aromatic rings. The van der Waals surface area contributed by atoms with Gasteiger partial charge in [0, 0.05) is 33.0 Å². The van der Waals surface area contributed by atoms with Gasteiger partial charge in [0.25, 0.3) is 5.56 Å². The molecule has 30 heavy (non-hydrogen) atoms. The molecule has 0 unspecified atom stereocenters. The quantitative estimate of drug-likeness (QED) is 0.660. The van der Waals surface area contributed by atoms with E-state index >= 15 is 0 Å². The average Bonchev–Trinajstić information content (AvgIpc) is 3.17. The minimum Gasteiger partial charge on any atom is -0.439 e. The predicted molar refractivity (Wildman–Crippen MR) is 115 cm³/mol. The second-order valence-corrected chi connectivity index (χ2v) is 8.31. The molecule has 0 N–H and O–H groups in total. The molecule has 4 rings (SSSR count). The van der Waals surface area contributed by atoms with Crippen molar-refractivity contribution in [3.63, 3.8) is 0 Å². The molecule has 0 radical (unpaired) electrons. The Hall–Kier alpha value is -3.09. The molecule has 0 saturated carbocycles. The van der Waals surface area contributed by atoms with Crippen molar-refractivity contribution in [2.75, 3.05) is 13.1 Å². The Morgan fingerprint density at radius 1 is 1.17 bits per heavy atom. The summed E-state index contributed by atoms with van der Waals surface area (Å²) in [6, 6.07) is 8.05. The summed E-state index contributed by atoms with van der Waals surface area (Å²) in [5.41, 5.74) is 1.66. The van der Waals surface area contributed by atoms with Gasteiger partial charge in [0.2, 0.25) is 11.8 Å². The number of benzene rings is 1. The SMILES string of the molecule is CC(=O)N1CCC(c2ccc(Oc3cn4c(C(C)C)ncc4c(=O)n3C)cc2)CC1. The highest BCUT2D eigenvalue weighted by Crippen LogP contribution is 2.30. The fourth-order valence-electron chi connectivity index (χ4n) is 4.12. The normalized spacial score (nSPS) is 15.2. The van der Waals surface area contributed by atoms with Gasteiger partial charge in [-0.2, -0.15) is 0 Å². The highest BCUT2D eigenvalue weighted by atomic mass is 16.5. The minimum atomic E-state index is -0.138. The monoisotopic (exact) mass is 408 g/mol. The molecule has 0 spiro atoms. The largest absolute Gasteiger partial charge is 0.439 e. The maximum Gasteiger partial charge on any atom is 0.279 e. The first-order valence-corrected chi connectivity index (χ1v) is 10.5. The molecule has 0 bridgehead atoms. The fourth-order valence-corrected chi connectivity index (χ4v) is 4.12. The van der Waals surface area contributed by atoms with Gasteiger partial charge in [-0.25, -0.2) is 4.98 Å². The van der Waals surface area contributed by atoms with E-state index in [4.69, 9.17) is 4.74 Å². The summed E-state index contributed by atoms with van der Waals surface area (Å²) in [7, 11) is 1.71. The number of piperidine rings is 1. The summed E-state index contributed by atoms with van der Waals surface area (Å²) in [6.45, 7) is 7.34. The van der Waals surface area contributed by atoms with Gasteiger partial charge in [0.1, 0.15) is 17.1 Å². The van der Waals surface area contributed by atoms with E-state index < -0.39 is 0 Å². The lowest BCUT2D eigenvalue weighted by Gasteiger charge is -2.31. The van der Waals surface area contributed by atoms with Crippen molar-refractivity contribution in [2.45, 2.75) is 45.4 Å². The molecule has 1 aliphatic rings. The van der Waals surface area contributed by atoms with Gasteiger partial charge in [0.15, 0.2) is 0 Å². The van der Waals surface area contributed by atoms with Gasteiger partial charge in [-0.15, -0.1) is 0 Å². The van der Waals surface area contributed by atoms with Crippen LogP contribution in [-0.2, 0) is 11.8 Å². The first kappa shape index (κ1) is 20.2. The molecule has 158 valence electrons. The van der Waals surface area contributed by atoms with Gasteiger partial charge < -0.3 is 9.64 Å². The fraction of sp³-hybridized carbons (Fsp3) is 0.435. The molecule has 3 heterocycles. The number of hydrogen-bond acceptors (Lipinski definition) is 4. The van der Waals surface area contributed by atoms with Crippen molar-refractivity contribution in [3.8, 4) is 11.6 Å². The zero-order valence-corrected chi connectivity index (χ0v) is 18.0. The third kappa shape index (κ3) is 3.72. The third-order valence-electron chi connectivity index (χ3n) is 5.95. The van der Waals surface area contributed by atoms with Crippen LogP contribution in [0.1, 0.15) is 56.8 Å². The van der Waals surface area contributed by atoms with Crippen LogP contribution in [0.2, 0.25) is 0 Å². The summed E-state index contributed by atoms with van der Waals surface area (Å²) in [6.07, 6.45) is 5.39. The van der Waals surface area contributed by atoms with Gasteiger partial charge >= 0.3 is 0 Å². The van der Waals surface area contributed by atoms with Crippen LogP contribution < -0.4 is 10.3 Å². The summed E-state index contributed by atoms with van der Waals surface area (Å²) < 4.78 is 9.38. The number of ether oxygens (including phenoxy) is 1. The summed E-state index contributed by atoms with van der Waals surface area (Å²) in [4.78, 5) is 30.5. The second-order valence-electron chi connectivity index (χ2n) is 8.31. The number of likely N-dealkylation sites (tertiary alicyclic amines) is 1. The van der Waals surface area contributed by atoms with Crippen LogP contribution >= 0.6 is 0 Å². The predicted octanol–water partition coefficient (Wildman–Crippen LogP) is 3.67. The van der Waals surface area contributed by atoms with Gasteiger partial charge in [0.05, 0.1) is 12.4 Å². The molecule has 1 aliphatic heterocycles. The van der Waals surface area contributed by atoms with Crippen LogP contribution in [-0.4, -0.2) is 37.8 Å². The lowest BCUT2D eigenvalue weighted by atomic mass is 9.89. The maximum atomic E-state index is 12.7. The van der Waals surface area contributed by atoms with Crippen LogP contribution in [0.4, 0.5) is 0 Å². The molecule has 7 nitrogen and oxygen atoms in total. The van der Waals surface area contributed by atoms with E-state index in [1.54, 1.807) is 20.2 Å². The lowest BCUT2D eigenvalue weighted by molar-refractivity contribution is -0.129. The molecule has 0 atom stereocenters. The molecule has 0 aliphatic carbocycles. The standard InChI is InChI=1S/C23H28N4O3/c1-15(2)22-24-13-20-23(29)25(4)21(14-27(20)22)30-19-7-5-17(6-8-19)18-9-11-26(12-10-18)16(3)28/h5-8,13-15,18H,9-12H2,1-4H3.